The lowest BCUT2D eigenvalue weighted by molar-refractivity contribution is 0.151. The van der Waals surface area contributed by atoms with Gasteiger partial charge in [-0.05, 0) is 6.07 Å². The molecule has 2 N–H and O–H groups in total. The van der Waals surface area contributed by atoms with Crippen molar-refractivity contribution < 1.29 is 8.78 Å². The summed E-state index contributed by atoms with van der Waals surface area (Å²) in [6.07, 6.45) is 0.588. The summed E-state index contributed by atoms with van der Waals surface area (Å²) in [5, 5.41) is 1.40. The van der Waals surface area contributed by atoms with E-state index in [9.17, 15) is 8.78 Å². The number of anilines is 1. The van der Waals surface area contributed by atoms with Gasteiger partial charge in [-0.1, -0.05) is 12.1 Å². The average molecular weight is 194 g/mol. The molecular formula is C10H8F2N2. The maximum Gasteiger partial charge on any atom is 0.263 e. The van der Waals surface area contributed by atoms with E-state index in [-0.39, 0.29) is 5.56 Å². The van der Waals surface area contributed by atoms with Gasteiger partial charge in [0.15, 0.2) is 0 Å². The summed E-state index contributed by atoms with van der Waals surface area (Å²) in [6, 6.07) is 4.38. The minimum atomic E-state index is -2.47. The molecule has 4 heteroatoms. The Balaban J connectivity index is 2.70. The van der Waals surface area contributed by atoms with Gasteiger partial charge >= 0.3 is 0 Å². The molecule has 0 bridgehead atoms. The maximum absolute atomic E-state index is 12.4. The molecule has 0 saturated carbocycles. The third-order valence-electron chi connectivity index (χ3n) is 2.07. The molecule has 1 aromatic heterocycles. The van der Waals surface area contributed by atoms with Crippen LogP contribution in [0.2, 0.25) is 0 Å². The number of benzene rings is 1. The third kappa shape index (κ3) is 1.39. The molecule has 0 amide bonds. The number of pyridine rings is 1. The second-order valence-corrected chi connectivity index (χ2v) is 3.01. The molecular weight excluding hydrogens is 186 g/mol. The van der Waals surface area contributed by atoms with Gasteiger partial charge in [0, 0.05) is 22.5 Å². The van der Waals surface area contributed by atoms with Crippen molar-refractivity contribution in [1.82, 2.24) is 4.98 Å². The summed E-state index contributed by atoms with van der Waals surface area (Å²) in [5.41, 5.74) is 6.02. The summed E-state index contributed by atoms with van der Waals surface area (Å²) >= 11 is 0. The minimum Gasteiger partial charge on any atom is -0.397 e. The van der Waals surface area contributed by atoms with Crippen LogP contribution >= 0.6 is 0 Å². The van der Waals surface area contributed by atoms with Crippen LogP contribution in [0.4, 0.5) is 14.5 Å². The molecule has 0 atom stereocenters. The molecule has 0 aliphatic heterocycles. The number of hydrogen-bond acceptors (Lipinski definition) is 2. The number of fused-ring (bicyclic) bond motifs is 1. The number of aromatic nitrogens is 1. The smallest absolute Gasteiger partial charge is 0.263 e. The first-order chi connectivity index (χ1) is 6.68. The second-order valence-electron chi connectivity index (χ2n) is 3.01. The zero-order valence-electron chi connectivity index (χ0n) is 7.24. The number of nitrogens with two attached hydrogens (primary N) is 1. The monoisotopic (exact) mass is 194 g/mol. The Hall–Kier alpha value is -1.71. The highest BCUT2D eigenvalue weighted by molar-refractivity contribution is 5.92. The maximum atomic E-state index is 12.4. The normalized spacial score (nSPS) is 11.1. The van der Waals surface area contributed by atoms with Gasteiger partial charge in [-0.25, -0.2) is 8.78 Å². The molecule has 2 nitrogen and oxygen atoms in total. The lowest BCUT2D eigenvalue weighted by atomic mass is 10.1. The SMILES string of the molecule is Nc1cncc2ccc(C(F)F)cc12. The Morgan fingerprint density at radius 3 is 2.71 bits per heavy atom. The van der Waals surface area contributed by atoms with Gasteiger partial charge in [0.1, 0.15) is 0 Å². The highest BCUT2D eigenvalue weighted by Crippen LogP contribution is 2.26. The van der Waals surface area contributed by atoms with E-state index in [1.807, 2.05) is 0 Å². The molecule has 2 aromatic rings. The Morgan fingerprint density at radius 1 is 1.21 bits per heavy atom. The van der Waals surface area contributed by atoms with Gasteiger partial charge in [-0.3, -0.25) is 4.98 Å². The predicted molar refractivity (Wildman–Crippen MR) is 51.1 cm³/mol. The Labute approximate surface area is 79.4 Å². The fraction of sp³-hybridized carbons (Fsp3) is 0.100. The molecule has 72 valence electrons. The number of nitrogen functional groups attached to an aromatic ring is 1. The molecule has 0 unspecified atom stereocenters. The fourth-order valence-corrected chi connectivity index (χ4v) is 1.34. The van der Waals surface area contributed by atoms with Crippen LogP contribution in [-0.2, 0) is 0 Å². The van der Waals surface area contributed by atoms with Crippen LogP contribution in [0.5, 0.6) is 0 Å². The van der Waals surface area contributed by atoms with Crippen LogP contribution in [-0.4, -0.2) is 4.98 Å². The standard InChI is InChI=1S/C10H8F2N2/c11-10(12)6-1-2-7-4-14-5-9(13)8(7)3-6/h1-5,10H,13H2. The van der Waals surface area contributed by atoms with Crippen LogP contribution in [0.25, 0.3) is 10.8 Å². The van der Waals surface area contributed by atoms with E-state index in [1.54, 1.807) is 12.3 Å². The largest absolute Gasteiger partial charge is 0.397 e. The first-order valence-electron chi connectivity index (χ1n) is 4.10. The number of hydrogen-bond donors (Lipinski definition) is 1. The summed E-state index contributed by atoms with van der Waals surface area (Å²) in [6.45, 7) is 0. The molecule has 0 aliphatic rings. The van der Waals surface area contributed by atoms with Crippen LogP contribution < -0.4 is 5.73 Å². The van der Waals surface area contributed by atoms with Gasteiger partial charge in [0.2, 0.25) is 0 Å². The third-order valence-corrected chi connectivity index (χ3v) is 2.07. The van der Waals surface area contributed by atoms with Gasteiger partial charge in [0.25, 0.3) is 6.43 Å². The number of rotatable bonds is 1. The molecule has 1 heterocycles. The second kappa shape index (κ2) is 3.21. The summed E-state index contributed by atoms with van der Waals surface area (Å²) in [7, 11) is 0. The highest BCUT2D eigenvalue weighted by atomic mass is 19.3. The quantitative estimate of drug-likeness (QED) is 0.758. The summed E-state index contributed by atoms with van der Waals surface area (Å²) in [4.78, 5) is 3.87. The molecule has 14 heavy (non-hydrogen) atoms. The zero-order valence-corrected chi connectivity index (χ0v) is 7.24. The minimum absolute atomic E-state index is 0.0181. The van der Waals surface area contributed by atoms with E-state index in [0.29, 0.717) is 11.1 Å². The Morgan fingerprint density at radius 2 is 2.00 bits per heavy atom. The van der Waals surface area contributed by atoms with Crippen LogP contribution in [0.1, 0.15) is 12.0 Å². The van der Waals surface area contributed by atoms with Gasteiger partial charge in [-0.2, -0.15) is 0 Å². The summed E-state index contributed by atoms with van der Waals surface area (Å²) < 4.78 is 24.7. The zero-order chi connectivity index (χ0) is 10.1. The number of alkyl halides is 2. The van der Waals surface area contributed by atoms with E-state index in [2.05, 4.69) is 4.98 Å². The predicted octanol–water partition coefficient (Wildman–Crippen LogP) is 2.75. The van der Waals surface area contributed by atoms with Gasteiger partial charge in [-0.15, -0.1) is 0 Å². The van der Waals surface area contributed by atoms with Crippen molar-refractivity contribution in [2.45, 2.75) is 6.43 Å². The molecule has 1 aromatic carbocycles. The van der Waals surface area contributed by atoms with E-state index < -0.39 is 6.43 Å². The molecule has 2 rings (SSSR count). The Bertz CT molecular complexity index is 469. The molecule has 0 radical (unpaired) electrons. The topological polar surface area (TPSA) is 38.9 Å². The van der Waals surface area contributed by atoms with Crippen molar-refractivity contribution in [3.63, 3.8) is 0 Å². The van der Waals surface area contributed by atoms with Crippen molar-refractivity contribution in [2.24, 2.45) is 0 Å². The van der Waals surface area contributed by atoms with Crippen LogP contribution in [0, 0.1) is 0 Å². The lowest BCUT2D eigenvalue weighted by Crippen LogP contribution is -1.90. The van der Waals surface area contributed by atoms with Crippen molar-refractivity contribution >= 4 is 16.5 Å². The Kier molecular flexibility index (Phi) is 2.04. The molecule has 0 fully saturated rings. The van der Waals surface area contributed by atoms with Crippen molar-refractivity contribution in [3.05, 3.63) is 36.2 Å². The van der Waals surface area contributed by atoms with Crippen LogP contribution in [0.15, 0.2) is 30.6 Å². The first kappa shape index (κ1) is 8.87. The van der Waals surface area contributed by atoms with E-state index in [1.165, 1.54) is 18.3 Å². The van der Waals surface area contributed by atoms with Gasteiger partial charge < -0.3 is 5.73 Å². The molecule has 0 saturated heterocycles. The van der Waals surface area contributed by atoms with Gasteiger partial charge in [0.05, 0.1) is 11.9 Å². The molecule has 0 aliphatic carbocycles. The van der Waals surface area contributed by atoms with Crippen LogP contribution in [0.3, 0.4) is 0 Å². The van der Waals surface area contributed by atoms with Crippen molar-refractivity contribution in [2.75, 3.05) is 5.73 Å². The van der Waals surface area contributed by atoms with E-state index >= 15 is 0 Å². The first-order valence-corrected chi connectivity index (χ1v) is 4.10. The fourth-order valence-electron chi connectivity index (χ4n) is 1.34. The number of halogens is 2. The van der Waals surface area contributed by atoms with Crippen molar-refractivity contribution in [3.8, 4) is 0 Å². The number of nitrogens with zero attached hydrogens (tertiary/aromatic N) is 1. The average Bonchev–Trinajstić information content (AvgIpc) is 2.18. The highest BCUT2D eigenvalue weighted by Gasteiger charge is 2.08. The van der Waals surface area contributed by atoms with E-state index in [4.69, 9.17) is 5.73 Å². The van der Waals surface area contributed by atoms with Crippen molar-refractivity contribution in [1.29, 1.82) is 0 Å². The lowest BCUT2D eigenvalue weighted by Gasteiger charge is -2.04. The van der Waals surface area contributed by atoms with E-state index in [0.717, 1.165) is 5.39 Å². The molecule has 0 spiro atoms. The summed E-state index contributed by atoms with van der Waals surface area (Å²) in [5.74, 6) is 0.